The van der Waals surface area contributed by atoms with Gasteiger partial charge in [0.25, 0.3) is 0 Å². The van der Waals surface area contributed by atoms with E-state index < -0.39 is 32.3 Å². The lowest BCUT2D eigenvalue weighted by Crippen LogP contribution is -2.51. The molecule has 100 valence electrons. The van der Waals surface area contributed by atoms with Crippen LogP contribution >= 0.6 is 0 Å². The molecular formula is C9H25BO4Si3. The van der Waals surface area contributed by atoms with Gasteiger partial charge in [-0.2, -0.15) is 0 Å². The lowest BCUT2D eigenvalue weighted by Gasteiger charge is -2.36. The summed E-state index contributed by atoms with van der Waals surface area (Å²) in [5, 5.41) is 17.6. The van der Waals surface area contributed by atoms with E-state index in [4.69, 9.17) is 18.3 Å². The maximum atomic E-state index is 8.82. The van der Waals surface area contributed by atoms with Crippen molar-refractivity contribution < 1.29 is 18.3 Å². The average molecular weight is 292 g/mol. The van der Waals surface area contributed by atoms with Crippen LogP contribution in [0, 0.1) is 0 Å². The maximum Gasteiger partial charge on any atom is 0.480 e. The van der Waals surface area contributed by atoms with Gasteiger partial charge in [-0.1, -0.05) is 11.7 Å². The molecule has 0 saturated heterocycles. The zero-order valence-corrected chi connectivity index (χ0v) is 14.9. The maximum absolute atomic E-state index is 8.82. The van der Waals surface area contributed by atoms with E-state index in [1.54, 1.807) is 5.70 Å². The van der Waals surface area contributed by atoms with Crippen LogP contribution in [0.25, 0.3) is 0 Å². The van der Waals surface area contributed by atoms with Gasteiger partial charge in [0.05, 0.1) is 0 Å². The van der Waals surface area contributed by atoms with E-state index in [0.717, 1.165) is 0 Å². The second-order valence-corrected chi connectivity index (χ2v) is 18.3. The summed E-state index contributed by atoms with van der Waals surface area (Å²) >= 11 is 0. The molecule has 0 spiro atoms. The largest absolute Gasteiger partial charge is 0.480 e. The number of rotatable bonds is 6. The molecule has 0 radical (unpaired) electrons. The van der Waals surface area contributed by atoms with Crippen molar-refractivity contribution in [3.8, 4) is 0 Å². The van der Waals surface area contributed by atoms with E-state index in [-0.39, 0.29) is 0 Å². The highest BCUT2D eigenvalue weighted by atomic mass is 28.5. The molecule has 0 aromatic rings. The Morgan fingerprint density at radius 1 is 0.882 bits per heavy atom. The van der Waals surface area contributed by atoms with Crippen molar-refractivity contribution in [2.75, 3.05) is 0 Å². The smallest absolute Gasteiger partial charge is 0.437 e. The van der Waals surface area contributed by atoms with Crippen molar-refractivity contribution >= 4 is 32.3 Å². The van der Waals surface area contributed by atoms with Crippen LogP contribution in [0.15, 0.2) is 11.7 Å². The molecule has 0 aliphatic heterocycles. The third kappa shape index (κ3) is 9.95. The van der Waals surface area contributed by atoms with Gasteiger partial charge < -0.3 is 18.3 Å². The van der Waals surface area contributed by atoms with E-state index in [0.29, 0.717) is 0 Å². The molecule has 0 aliphatic carbocycles. The molecule has 17 heavy (non-hydrogen) atoms. The predicted molar refractivity (Wildman–Crippen MR) is 79.8 cm³/mol. The zero-order chi connectivity index (χ0) is 13.9. The van der Waals surface area contributed by atoms with Crippen LogP contribution in [0.2, 0.25) is 45.8 Å². The predicted octanol–water partition coefficient (Wildman–Crippen LogP) is 1.87. The fraction of sp³-hybridized carbons (Fsp3) is 0.778. The summed E-state index contributed by atoms with van der Waals surface area (Å²) in [4.78, 5) is 0. The first kappa shape index (κ1) is 17.3. The van der Waals surface area contributed by atoms with Gasteiger partial charge in [0.15, 0.2) is 16.6 Å². The van der Waals surface area contributed by atoms with Gasteiger partial charge in [0, 0.05) is 0 Å². The van der Waals surface area contributed by atoms with Crippen LogP contribution in [0.5, 0.6) is 0 Å². The van der Waals surface area contributed by atoms with Gasteiger partial charge in [0.2, 0.25) is 0 Å². The SMILES string of the molecule is C[Si](C)(C)O[Si](C)(C)O[Si](C)(C)C=CB(O)O. The Hall–Kier alpha value is 0.296. The normalized spacial score (nSPS) is 14.4. The minimum atomic E-state index is -2.14. The van der Waals surface area contributed by atoms with Crippen LogP contribution in [-0.2, 0) is 8.23 Å². The summed E-state index contributed by atoms with van der Waals surface area (Å²) in [6.07, 6.45) is 0. The van der Waals surface area contributed by atoms with Crippen LogP contribution in [-0.4, -0.2) is 42.4 Å². The lowest BCUT2D eigenvalue weighted by molar-refractivity contribution is 0.397. The minimum Gasteiger partial charge on any atom is -0.437 e. The van der Waals surface area contributed by atoms with Crippen LogP contribution in [0.1, 0.15) is 0 Å². The van der Waals surface area contributed by atoms with Crippen LogP contribution < -0.4 is 0 Å². The Balaban J connectivity index is 4.58. The average Bonchev–Trinajstić information content (AvgIpc) is 1.93. The van der Waals surface area contributed by atoms with E-state index in [1.165, 1.54) is 5.98 Å². The molecule has 0 atom stereocenters. The van der Waals surface area contributed by atoms with Gasteiger partial charge in [-0.25, -0.2) is 0 Å². The number of hydrogen-bond acceptors (Lipinski definition) is 4. The highest BCUT2D eigenvalue weighted by Crippen LogP contribution is 2.20. The van der Waals surface area contributed by atoms with Gasteiger partial charge in [0.1, 0.15) is 0 Å². The molecule has 0 aliphatic rings. The van der Waals surface area contributed by atoms with Crippen molar-refractivity contribution in [3.63, 3.8) is 0 Å². The van der Waals surface area contributed by atoms with Crippen molar-refractivity contribution in [3.05, 3.63) is 11.7 Å². The summed E-state index contributed by atoms with van der Waals surface area (Å²) in [5.74, 6) is 1.37. The second kappa shape index (κ2) is 5.96. The molecule has 0 saturated carbocycles. The van der Waals surface area contributed by atoms with Crippen LogP contribution in [0.3, 0.4) is 0 Å². The summed E-state index contributed by atoms with van der Waals surface area (Å²) in [5.41, 5.74) is 1.79. The zero-order valence-electron chi connectivity index (χ0n) is 11.9. The van der Waals surface area contributed by atoms with Crippen molar-refractivity contribution in [1.29, 1.82) is 0 Å². The van der Waals surface area contributed by atoms with Crippen molar-refractivity contribution in [1.82, 2.24) is 0 Å². The summed E-state index contributed by atoms with van der Waals surface area (Å²) < 4.78 is 12.2. The quantitative estimate of drug-likeness (QED) is 0.734. The lowest BCUT2D eigenvalue weighted by atomic mass is 9.94. The molecule has 0 heterocycles. The summed E-state index contributed by atoms with van der Waals surface area (Å²) in [6, 6.07) is 0. The second-order valence-electron chi connectivity index (χ2n) is 6.09. The van der Waals surface area contributed by atoms with E-state index >= 15 is 0 Å². The molecule has 0 aromatic carbocycles. The molecule has 8 heteroatoms. The molecule has 0 unspecified atom stereocenters. The van der Waals surface area contributed by atoms with E-state index in [1.807, 2.05) is 26.2 Å². The Bertz CT molecular complexity index is 274. The third-order valence-corrected chi connectivity index (χ3v) is 11.2. The molecule has 0 rings (SSSR count). The Morgan fingerprint density at radius 3 is 1.71 bits per heavy atom. The molecule has 0 aromatic heterocycles. The fourth-order valence-corrected chi connectivity index (χ4v) is 14.2. The summed E-state index contributed by atoms with van der Waals surface area (Å²) in [6.45, 7) is 14.6. The van der Waals surface area contributed by atoms with E-state index in [2.05, 4.69) is 19.6 Å². The highest BCUT2D eigenvalue weighted by molar-refractivity contribution is 6.89. The topological polar surface area (TPSA) is 58.9 Å². The highest BCUT2D eigenvalue weighted by Gasteiger charge is 2.36. The first-order valence-corrected chi connectivity index (χ1v) is 15.0. The van der Waals surface area contributed by atoms with Crippen LogP contribution in [0.4, 0.5) is 0 Å². The van der Waals surface area contributed by atoms with Gasteiger partial charge in [-0.15, -0.1) is 0 Å². The molecule has 0 fully saturated rings. The molecule has 2 N–H and O–H groups in total. The molecular weight excluding hydrogens is 267 g/mol. The summed E-state index contributed by atoms with van der Waals surface area (Å²) in [7, 11) is -7.19. The standard InChI is InChI=1S/C9H25BO4Si3/c1-15(2,3)13-17(6,7)14-16(4,5)9-8-10(11)12/h8-9,11-12H,1-7H3. The monoisotopic (exact) mass is 292 g/mol. The van der Waals surface area contributed by atoms with Gasteiger partial charge >= 0.3 is 15.7 Å². The Kier molecular flexibility index (Phi) is 6.06. The Morgan fingerprint density at radius 2 is 1.35 bits per heavy atom. The first-order chi connectivity index (χ1) is 7.33. The number of hydrogen-bond donors (Lipinski definition) is 2. The van der Waals surface area contributed by atoms with E-state index in [9.17, 15) is 0 Å². The fourth-order valence-electron chi connectivity index (χ4n) is 1.74. The Labute approximate surface area is 108 Å². The molecule has 4 nitrogen and oxygen atoms in total. The van der Waals surface area contributed by atoms with Gasteiger partial charge in [-0.3, -0.25) is 0 Å². The van der Waals surface area contributed by atoms with Crippen molar-refractivity contribution in [2.24, 2.45) is 0 Å². The first-order valence-electron chi connectivity index (χ1n) is 5.79. The molecule has 0 bridgehead atoms. The minimum absolute atomic E-state index is 1.37. The molecule has 0 amide bonds. The third-order valence-electron chi connectivity index (χ3n) is 1.73. The van der Waals surface area contributed by atoms with Gasteiger partial charge in [-0.05, 0) is 45.8 Å². The van der Waals surface area contributed by atoms with Crippen molar-refractivity contribution in [2.45, 2.75) is 45.8 Å².